The number of nitrogens with zero attached hydrogens (tertiary/aromatic N) is 1. The second-order valence-corrected chi connectivity index (χ2v) is 8.67. The van der Waals surface area contributed by atoms with Crippen molar-refractivity contribution < 1.29 is 8.42 Å². The van der Waals surface area contributed by atoms with E-state index >= 15 is 0 Å². The Labute approximate surface area is 177 Å². The van der Waals surface area contributed by atoms with Gasteiger partial charge in [-0.2, -0.15) is 12.8 Å². The molecular formula is C26H21NO2S. The first-order chi connectivity index (χ1) is 14.5. The molecule has 0 radical (unpaired) electrons. The van der Waals surface area contributed by atoms with Gasteiger partial charge in [-0.1, -0.05) is 90.5 Å². The molecule has 0 heterocycles. The summed E-state index contributed by atoms with van der Waals surface area (Å²) >= 11 is 0. The van der Waals surface area contributed by atoms with Gasteiger partial charge < -0.3 is 0 Å². The van der Waals surface area contributed by atoms with Gasteiger partial charge in [0.1, 0.15) is 0 Å². The smallest absolute Gasteiger partial charge is 0.199 e. The minimum Gasteiger partial charge on any atom is -0.199 e. The summed E-state index contributed by atoms with van der Waals surface area (Å²) in [5.41, 5.74) is 3.11. The summed E-state index contributed by atoms with van der Waals surface area (Å²) in [7, 11) is -3.85. The monoisotopic (exact) mass is 411 g/mol. The van der Waals surface area contributed by atoms with Crippen molar-refractivity contribution in [3.63, 3.8) is 0 Å². The Bertz CT molecular complexity index is 1340. The van der Waals surface area contributed by atoms with Gasteiger partial charge in [0.25, 0.3) is 10.0 Å². The molecule has 0 saturated heterocycles. The molecule has 0 fully saturated rings. The van der Waals surface area contributed by atoms with E-state index < -0.39 is 10.0 Å². The Hall–Kier alpha value is -3.50. The maximum Gasteiger partial charge on any atom is 0.282 e. The van der Waals surface area contributed by atoms with E-state index in [0.29, 0.717) is 5.71 Å². The van der Waals surface area contributed by atoms with E-state index in [0.717, 1.165) is 27.5 Å². The van der Waals surface area contributed by atoms with Crippen LogP contribution in [0.5, 0.6) is 0 Å². The molecule has 0 aliphatic rings. The summed E-state index contributed by atoms with van der Waals surface area (Å²) < 4.78 is 30.2. The van der Waals surface area contributed by atoms with Gasteiger partial charge in [0.15, 0.2) is 0 Å². The average Bonchev–Trinajstić information content (AvgIpc) is 2.77. The second kappa shape index (κ2) is 8.47. The molecule has 0 aliphatic heterocycles. The molecule has 0 amide bonds. The van der Waals surface area contributed by atoms with E-state index in [-0.39, 0.29) is 4.90 Å². The van der Waals surface area contributed by atoms with Crippen molar-refractivity contribution in [1.29, 1.82) is 0 Å². The lowest BCUT2D eigenvalue weighted by Crippen LogP contribution is -2.04. The van der Waals surface area contributed by atoms with Crippen LogP contribution in [-0.2, 0) is 10.0 Å². The summed E-state index contributed by atoms with van der Waals surface area (Å²) in [6.45, 7) is 1.92. The highest BCUT2D eigenvalue weighted by Gasteiger charge is 2.14. The number of rotatable bonds is 5. The summed E-state index contributed by atoms with van der Waals surface area (Å²) in [6, 6.07) is 30.3. The van der Waals surface area contributed by atoms with Crippen molar-refractivity contribution in [3.8, 4) is 0 Å². The highest BCUT2D eigenvalue weighted by molar-refractivity contribution is 7.90. The van der Waals surface area contributed by atoms with E-state index in [1.807, 2.05) is 85.8 Å². The van der Waals surface area contributed by atoms with Crippen LogP contribution in [0.15, 0.2) is 112 Å². The molecule has 30 heavy (non-hydrogen) atoms. The summed E-state index contributed by atoms with van der Waals surface area (Å²) in [5, 5.41) is 2.12. The first kappa shape index (κ1) is 19.8. The highest BCUT2D eigenvalue weighted by atomic mass is 32.2. The average molecular weight is 412 g/mol. The first-order valence-electron chi connectivity index (χ1n) is 9.65. The Balaban J connectivity index is 1.82. The third-order valence-corrected chi connectivity index (χ3v) is 6.12. The summed E-state index contributed by atoms with van der Waals surface area (Å²) in [4.78, 5) is 0.180. The predicted molar refractivity (Wildman–Crippen MR) is 124 cm³/mol. The second-order valence-electron chi connectivity index (χ2n) is 7.07. The van der Waals surface area contributed by atoms with Crippen LogP contribution in [0.1, 0.15) is 16.7 Å². The van der Waals surface area contributed by atoms with Crippen molar-refractivity contribution in [2.45, 2.75) is 11.8 Å². The van der Waals surface area contributed by atoms with Gasteiger partial charge in [0.2, 0.25) is 0 Å². The van der Waals surface area contributed by atoms with Crippen molar-refractivity contribution in [1.82, 2.24) is 0 Å². The maximum absolute atomic E-state index is 13.0. The third kappa shape index (κ3) is 4.56. The minimum absolute atomic E-state index is 0.180. The first-order valence-corrected chi connectivity index (χ1v) is 11.1. The number of aryl methyl sites for hydroxylation is 1. The van der Waals surface area contributed by atoms with Gasteiger partial charge in [0, 0.05) is 5.56 Å². The lowest BCUT2D eigenvalue weighted by atomic mass is 10.0. The molecule has 0 N–H and O–H groups in total. The Morgan fingerprint density at radius 3 is 2.17 bits per heavy atom. The number of fused-ring (bicyclic) bond motifs is 1. The van der Waals surface area contributed by atoms with Crippen LogP contribution >= 0.6 is 0 Å². The molecule has 0 spiro atoms. The Morgan fingerprint density at radius 2 is 1.43 bits per heavy atom. The molecule has 0 aliphatic carbocycles. The summed E-state index contributed by atoms with van der Waals surface area (Å²) in [5.74, 6) is 0. The predicted octanol–water partition coefficient (Wildman–Crippen LogP) is 6.04. The van der Waals surface area contributed by atoms with Crippen molar-refractivity contribution >= 4 is 32.6 Å². The zero-order valence-corrected chi connectivity index (χ0v) is 17.4. The number of hydrogen-bond donors (Lipinski definition) is 0. The van der Waals surface area contributed by atoms with Gasteiger partial charge in [-0.25, -0.2) is 0 Å². The molecule has 4 rings (SSSR count). The van der Waals surface area contributed by atoms with Crippen LogP contribution in [0.4, 0.5) is 0 Å². The molecule has 4 aromatic carbocycles. The molecule has 0 atom stereocenters. The zero-order valence-electron chi connectivity index (χ0n) is 16.6. The molecule has 3 nitrogen and oxygen atoms in total. The van der Waals surface area contributed by atoms with Crippen LogP contribution < -0.4 is 0 Å². The molecule has 4 aromatic rings. The standard InChI is InChI=1S/C26H21NO2S/c1-20-11-16-25(17-12-20)30(28,29)27-26(18-13-21-7-3-2-4-8-21)24-15-14-22-9-5-6-10-23(22)19-24/h2-19H,1H3/b18-13+,27-26-. The zero-order chi connectivity index (χ0) is 21.0. The molecular weight excluding hydrogens is 390 g/mol. The van der Waals surface area contributed by atoms with Crippen LogP contribution in [0.25, 0.3) is 16.8 Å². The molecule has 0 aromatic heterocycles. The topological polar surface area (TPSA) is 46.5 Å². The van der Waals surface area contributed by atoms with E-state index in [1.165, 1.54) is 0 Å². The maximum atomic E-state index is 13.0. The van der Waals surface area contributed by atoms with E-state index in [4.69, 9.17) is 0 Å². The fraction of sp³-hybridized carbons (Fsp3) is 0.0385. The van der Waals surface area contributed by atoms with Crippen molar-refractivity contribution in [2.24, 2.45) is 4.40 Å². The lowest BCUT2D eigenvalue weighted by Gasteiger charge is -2.06. The third-order valence-electron chi connectivity index (χ3n) is 4.82. The lowest BCUT2D eigenvalue weighted by molar-refractivity contribution is 0.598. The number of allylic oxidation sites excluding steroid dienone is 1. The number of benzene rings is 4. The normalized spacial score (nSPS) is 12.5. The molecule has 0 saturated carbocycles. The van der Waals surface area contributed by atoms with Gasteiger partial charge >= 0.3 is 0 Å². The Morgan fingerprint density at radius 1 is 0.767 bits per heavy atom. The molecule has 0 unspecified atom stereocenters. The number of sulfonamides is 1. The van der Waals surface area contributed by atoms with Gasteiger partial charge in [-0.3, -0.25) is 0 Å². The fourth-order valence-electron chi connectivity index (χ4n) is 3.16. The van der Waals surface area contributed by atoms with Crippen LogP contribution in [0.2, 0.25) is 0 Å². The van der Waals surface area contributed by atoms with Gasteiger partial charge in [-0.15, -0.1) is 0 Å². The fourth-order valence-corrected chi connectivity index (χ4v) is 4.17. The van der Waals surface area contributed by atoms with Crippen molar-refractivity contribution in [3.05, 3.63) is 120 Å². The van der Waals surface area contributed by atoms with Crippen molar-refractivity contribution in [2.75, 3.05) is 0 Å². The Kier molecular flexibility index (Phi) is 5.59. The van der Waals surface area contributed by atoms with E-state index in [9.17, 15) is 8.42 Å². The SMILES string of the molecule is Cc1ccc(S(=O)(=O)/N=C(/C=C/c2ccccc2)c2ccc3ccccc3c2)cc1. The van der Waals surface area contributed by atoms with Crippen LogP contribution in [0, 0.1) is 6.92 Å². The van der Waals surface area contributed by atoms with Gasteiger partial charge in [0.05, 0.1) is 10.6 Å². The largest absolute Gasteiger partial charge is 0.282 e. The molecule has 4 heteroatoms. The van der Waals surface area contributed by atoms with E-state index in [1.54, 1.807) is 30.3 Å². The molecule has 0 bridgehead atoms. The van der Waals surface area contributed by atoms with Gasteiger partial charge in [-0.05, 0) is 47.5 Å². The quantitative estimate of drug-likeness (QED) is 0.376. The van der Waals surface area contributed by atoms with E-state index in [2.05, 4.69) is 4.40 Å². The van der Waals surface area contributed by atoms with Crippen LogP contribution in [0.3, 0.4) is 0 Å². The highest BCUT2D eigenvalue weighted by Crippen LogP contribution is 2.20. The number of hydrogen-bond acceptors (Lipinski definition) is 2. The molecule has 148 valence electrons. The summed E-state index contributed by atoms with van der Waals surface area (Å²) in [6.07, 6.45) is 3.63. The minimum atomic E-state index is -3.85. The van der Waals surface area contributed by atoms with Crippen LogP contribution in [-0.4, -0.2) is 14.1 Å².